The van der Waals surface area contributed by atoms with Crippen LogP contribution in [-0.2, 0) is 13.2 Å². The number of methoxy groups -OCH3 is 3. The maximum atomic E-state index is 6.03. The van der Waals surface area contributed by atoms with Gasteiger partial charge < -0.3 is 24.4 Å². The van der Waals surface area contributed by atoms with E-state index in [-0.39, 0.29) is 0 Å². The first-order valence-electron chi connectivity index (χ1n) is 9.75. The number of halogens is 2. The maximum absolute atomic E-state index is 6.03. The van der Waals surface area contributed by atoms with E-state index < -0.39 is 0 Å². The molecular formula is C24H24BrIN2O4. The van der Waals surface area contributed by atoms with Crippen molar-refractivity contribution in [3.05, 3.63) is 79.3 Å². The SMILES string of the molecule is COc1ccc(CN/N=C/c2cc(I)c(OCc3ccc(Br)cc3)c(OC)c2)cc1OC. The molecule has 0 aromatic heterocycles. The summed E-state index contributed by atoms with van der Waals surface area (Å²) in [6, 6.07) is 17.7. The minimum absolute atomic E-state index is 0.458. The molecule has 0 radical (unpaired) electrons. The molecule has 0 aliphatic heterocycles. The number of nitrogens with zero attached hydrogens (tertiary/aromatic N) is 1. The van der Waals surface area contributed by atoms with Crippen LogP contribution in [0.5, 0.6) is 23.0 Å². The lowest BCUT2D eigenvalue weighted by molar-refractivity contribution is 0.282. The number of hydrogen-bond acceptors (Lipinski definition) is 6. The van der Waals surface area contributed by atoms with Crippen LogP contribution >= 0.6 is 38.5 Å². The summed E-state index contributed by atoms with van der Waals surface area (Å²) in [5, 5.41) is 4.33. The Morgan fingerprint density at radius 1 is 0.875 bits per heavy atom. The van der Waals surface area contributed by atoms with Crippen LogP contribution in [0.3, 0.4) is 0 Å². The number of benzene rings is 3. The smallest absolute Gasteiger partial charge is 0.174 e. The van der Waals surface area contributed by atoms with Crippen molar-refractivity contribution in [3.8, 4) is 23.0 Å². The van der Waals surface area contributed by atoms with Gasteiger partial charge in [-0.1, -0.05) is 34.1 Å². The van der Waals surface area contributed by atoms with Gasteiger partial charge in [-0.05, 0) is 75.7 Å². The number of ether oxygens (including phenoxy) is 4. The Kier molecular flexibility index (Phi) is 9.04. The molecule has 3 aromatic carbocycles. The highest BCUT2D eigenvalue weighted by Gasteiger charge is 2.11. The molecule has 3 rings (SSSR count). The molecule has 0 saturated carbocycles. The number of nitrogens with one attached hydrogen (secondary N) is 1. The Bertz CT molecular complexity index is 1070. The Labute approximate surface area is 210 Å². The molecule has 8 heteroatoms. The van der Waals surface area contributed by atoms with Crippen molar-refractivity contribution in [2.45, 2.75) is 13.2 Å². The third kappa shape index (κ3) is 6.52. The van der Waals surface area contributed by atoms with Gasteiger partial charge in [0.25, 0.3) is 0 Å². The Balaban J connectivity index is 1.63. The summed E-state index contributed by atoms with van der Waals surface area (Å²) in [5.41, 5.74) is 6.07. The standard InChI is InChI=1S/C24H24BrIN2O4/c1-29-21-9-6-17(11-22(21)30-2)13-27-28-14-18-10-20(26)24(23(12-18)31-3)32-15-16-4-7-19(25)8-5-16/h4-12,14,27H,13,15H2,1-3H3/b28-14+. The third-order valence-electron chi connectivity index (χ3n) is 4.58. The highest BCUT2D eigenvalue weighted by molar-refractivity contribution is 14.1. The van der Waals surface area contributed by atoms with Crippen molar-refractivity contribution in [3.63, 3.8) is 0 Å². The average Bonchev–Trinajstić information content (AvgIpc) is 2.81. The van der Waals surface area contributed by atoms with E-state index in [9.17, 15) is 0 Å². The fraction of sp³-hybridized carbons (Fsp3) is 0.208. The van der Waals surface area contributed by atoms with Gasteiger partial charge in [-0.15, -0.1) is 0 Å². The molecule has 0 saturated heterocycles. The number of rotatable bonds is 10. The van der Waals surface area contributed by atoms with Crippen molar-refractivity contribution in [1.29, 1.82) is 0 Å². The van der Waals surface area contributed by atoms with Crippen molar-refractivity contribution < 1.29 is 18.9 Å². The predicted octanol–water partition coefficient (Wildman–Crippen LogP) is 5.78. The van der Waals surface area contributed by atoms with Crippen LogP contribution < -0.4 is 24.4 Å². The summed E-state index contributed by atoms with van der Waals surface area (Å²) in [7, 11) is 4.87. The van der Waals surface area contributed by atoms with Gasteiger partial charge in [-0.2, -0.15) is 5.10 Å². The highest BCUT2D eigenvalue weighted by Crippen LogP contribution is 2.34. The quantitative estimate of drug-likeness (QED) is 0.179. The number of hydrazone groups is 1. The van der Waals surface area contributed by atoms with Crippen LogP contribution in [0.2, 0.25) is 0 Å². The second-order valence-electron chi connectivity index (χ2n) is 6.73. The van der Waals surface area contributed by atoms with Crippen LogP contribution in [0.4, 0.5) is 0 Å². The summed E-state index contributed by atoms with van der Waals surface area (Å²) in [4.78, 5) is 0. The Morgan fingerprint density at radius 3 is 2.25 bits per heavy atom. The minimum atomic E-state index is 0.458. The van der Waals surface area contributed by atoms with Crippen molar-refractivity contribution in [2.24, 2.45) is 5.10 Å². The maximum Gasteiger partial charge on any atom is 0.174 e. The van der Waals surface area contributed by atoms with Gasteiger partial charge in [0.15, 0.2) is 23.0 Å². The molecule has 168 valence electrons. The zero-order chi connectivity index (χ0) is 22.9. The first kappa shape index (κ1) is 24.2. The molecule has 0 bridgehead atoms. The van der Waals surface area contributed by atoms with E-state index in [2.05, 4.69) is 49.0 Å². The molecule has 0 spiro atoms. The van der Waals surface area contributed by atoms with Crippen molar-refractivity contribution >= 4 is 44.7 Å². The summed E-state index contributed by atoms with van der Waals surface area (Å²) >= 11 is 5.69. The van der Waals surface area contributed by atoms with Crippen molar-refractivity contribution in [1.82, 2.24) is 5.43 Å². The van der Waals surface area contributed by atoms with E-state index in [0.717, 1.165) is 24.7 Å². The second-order valence-corrected chi connectivity index (χ2v) is 8.81. The average molecular weight is 611 g/mol. The van der Waals surface area contributed by atoms with E-state index in [0.29, 0.717) is 36.1 Å². The van der Waals surface area contributed by atoms with Gasteiger partial charge in [0.1, 0.15) is 6.61 Å². The Hall–Kier alpha value is -2.46. The van der Waals surface area contributed by atoms with Gasteiger partial charge in [0, 0.05) is 4.47 Å². The molecular weight excluding hydrogens is 587 g/mol. The first-order chi connectivity index (χ1) is 15.5. The third-order valence-corrected chi connectivity index (χ3v) is 5.91. The summed E-state index contributed by atoms with van der Waals surface area (Å²) in [5.74, 6) is 2.76. The lowest BCUT2D eigenvalue weighted by atomic mass is 10.2. The largest absolute Gasteiger partial charge is 0.493 e. The summed E-state index contributed by atoms with van der Waals surface area (Å²) in [6.07, 6.45) is 1.75. The molecule has 0 unspecified atom stereocenters. The predicted molar refractivity (Wildman–Crippen MR) is 138 cm³/mol. The summed E-state index contributed by atoms with van der Waals surface area (Å²) < 4.78 is 24.2. The van der Waals surface area contributed by atoms with Gasteiger partial charge in [0.2, 0.25) is 0 Å². The molecule has 0 fully saturated rings. The molecule has 0 heterocycles. The van der Waals surface area contributed by atoms with Gasteiger partial charge in [-0.3, -0.25) is 0 Å². The van der Waals surface area contributed by atoms with Gasteiger partial charge in [-0.25, -0.2) is 0 Å². The topological polar surface area (TPSA) is 61.3 Å². The van der Waals surface area contributed by atoms with Crippen LogP contribution in [0, 0.1) is 3.57 Å². The van der Waals surface area contributed by atoms with E-state index in [1.807, 2.05) is 54.6 Å². The first-order valence-corrected chi connectivity index (χ1v) is 11.6. The Morgan fingerprint density at radius 2 is 1.56 bits per heavy atom. The van der Waals surface area contributed by atoms with Crippen LogP contribution in [0.25, 0.3) is 0 Å². The molecule has 1 N–H and O–H groups in total. The lowest BCUT2D eigenvalue weighted by Crippen LogP contribution is -2.06. The second kappa shape index (κ2) is 12.0. The van der Waals surface area contributed by atoms with Crippen LogP contribution in [0.1, 0.15) is 16.7 Å². The minimum Gasteiger partial charge on any atom is -0.493 e. The fourth-order valence-electron chi connectivity index (χ4n) is 2.94. The lowest BCUT2D eigenvalue weighted by Gasteiger charge is -2.13. The summed E-state index contributed by atoms with van der Waals surface area (Å²) in [6.45, 7) is 1.01. The monoisotopic (exact) mass is 610 g/mol. The van der Waals surface area contributed by atoms with E-state index in [1.165, 1.54) is 0 Å². The highest BCUT2D eigenvalue weighted by atomic mass is 127. The van der Waals surface area contributed by atoms with Gasteiger partial charge >= 0.3 is 0 Å². The normalized spacial score (nSPS) is 10.8. The molecule has 0 aliphatic carbocycles. The molecule has 32 heavy (non-hydrogen) atoms. The van der Waals surface area contributed by atoms with E-state index in [4.69, 9.17) is 18.9 Å². The van der Waals surface area contributed by atoms with E-state index >= 15 is 0 Å². The van der Waals surface area contributed by atoms with E-state index in [1.54, 1.807) is 27.5 Å². The molecule has 0 amide bonds. The van der Waals surface area contributed by atoms with Gasteiger partial charge in [0.05, 0.1) is 37.7 Å². The molecule has 6 nitrogen and oxygen atoms in total. The zero-order valence-corrected chi connectivity index (χ0v) is 21.8. The number of hydrogen-bond donors (Lipinski definition) is 1. The molecule has 3 aromatic rings. The molecule has 0 atom stereocenters. The fourth-order valence-corrected chi connectivity index (χ4v) is 3.98. The van der Waals surface area contributed by atoms with Crippen LogP contribution in [0.15, 0.2) is 64.2 Å². The molecule has 0 aliphatic rings. The zero-order valence-electron chi connectivity index (χ0n) is 18.0. The van der Waals surface area contributed by atoms with Crippen LogP contribution in [-0.4, -0.2) is 27.5 Å². The van der Waals surface area contributed by atoms with Crippen molar-refractivity contribution in [2.75, 3.05) is 21.3 Å².